The van der Waals surface area contributed by atoms with Crippen molar-refractivity contribution < 1.29 is 23.0 Å². The number of amides is 1. The molecule has 1 heterocycles. The monoisotopic (exact) mass is 351 g/mol. The number of halogens is 2. The Morgan fingerprint density at radius 2 is 1.92 bits per heavy atom. The molecule has 1 N–H and O–H groups in total. The Hall–Kier alpha value is -2.28. The average Bonchev–Trinajstić information content (AvgIpc) is 3.04. The summed E-state index contributed by atoms with van der Waals surface area (Å²) in [7, 11) is 0. The van der Waals surface area contributed by atoms with E-state index in [1.807, 2.05) is 18.2 Å². The van der Waals surface area contributed by atoms with Crippen LogP contribution in [0.5, 0.6) is 11.5 Å². The number of thioether (sulfide) groups is 1. The lowest BCUT2D eigenvalue weighted by Crippen LogP contribution is -2.27. The summed E-state index contributed by atoms with van der Waals surface area (Å²) in [5.41, 5.74) is 1.04. The van der Waals surface area contributed by atoms with Crippen LogP contribution in [0.3, 0.4) is 0 Å². The molecule has 1 aliphatic rings. The highest BCUT2D eigenvalue weighted by Gasteiger charge is 2.13. The van der Waals surface area contributed by atoms with Crippen molar-refractivity contribution in [1.82, 2.24) is 5.32 Å². The first kappa shape index (κ1) is 16.6. The van der Waals surface area contributed by atoms with Crippen molar-refractivity contribution >= 4 is 17.7 Å². The lowest BCUT2D eigenvalue weighted by atomic mass is 10.1. The van der Waals surface area contributed by atoms with Crippen LogP contribution in [0.4, 0.5) is 8.78 Å². The van der Waals surface area contributed by atoms with E-state index in [2.05, 4.69) is 5.32 Å². The maximum Gasteiger partial charge on any atom is 0.231 e. The molecule has 0 aliphatic carbocycles. The summed E-state index contributed by atoms with van der Waals surface area (Å²) in [6.45, 7) is 0.716. The molecule has 2 aromatic rings. The molecule has 7 heteroatoms. The molecule has 0 spiro atoms. The second-order valence-corrected chi connectivity index (χ2v) is 6.20. The summed E-state index contributed by atoms with van der Waals surface area (Å²) >= 11 is 1.16. The molecule has 4 nitrogen and oxygen atoms in total. The van der Waals surface area contributed by atoms with Crippen LogP contribution in [0.2, 0.25) is 0 Å². The Morgan fingerprint density at radius 3 is 2.75 bits per heavy atom. The molecule has 126 valence electrons. The summed E-state index contributed by atoms with van der Waals surface area (Å²) in [4.78, 5) is 12.3. The first-order valence-electron chi connectivity index (χ1n) is 7.35. The maximum absolute atomic E-state index is 13.1. The molecule has 0 saturated carbocycles. The van der Waals surface area contributed by atoms with Crippen molar-refractivity contribution in [2.24, 2.45) is 0 Å². The third-order valence-corrected chi connectivity index (χ3v) is 4.43. The van der Waals surface area contributed by atoms with Gasteiger partial charge < -0.3 is 14.8 Å². The Balaban J connectivity index is 1.41. The van der Waals surface area contributed by atoms with Crippen LogP contribution >= 0.6 is 11.8 Å². The predicted octanol–water partition coefficient (Wildman–Crippen LogP) is 3.14. The average molecular weight is 351 g/mol. The van der Waals surface area contributed by atoms with Crippen LogP contribution < -0.4 is 14.8 Å². The number of fused-ring (bicyclic) bond motifs is 1. The zero-order valence-electron chi connectivity index (χ0n) is 12.7. The van der Waals surface area contributed by atoms with Crippen LogP contribution in [0, 0.1) is 11.6 Å². The van der Waals surface area contributed by atoms with Crippen LogP contribution in [-0.4, -0.2) is 25.0 Å². The van der Waals surface area contributed by atoms with Gasteiger partial charge in [0.2, 0.25) is 12.7 Å². The Kier molecular flexibility index (Phi) is 5.20. The Morgan fingerprint density at radius 1 is 1.08 bits per heavy atom. The number of rotatable bonds is 6. The van der Waals surface area contributed by atoms with Crippen LogP contribution in [0.25, 0.3) is 0 Å². The van der Waals surface area contributed by atoms with Gasteiger partial charge in [0.15, 0.2) is 23.1 Å². The Bertz CT molecular complexity index is 755. The molecule has 0 atom stereocenters. The van der Waals surface area contributed by atoms with Gasteiger partial charge in [-0.3, -0.25) is 4.79 Å². The molecule has 1 amide bonds. The quantitative estimate of drug-likeness (QED) is 0.813. The topological polar surface area (TPSA) is 47.6 Å². The largest absolute Gasteiger partial charge is 0.454 e. The SMILES string of the molecule is O=C(CSc1ccc(F)c(F)c1)NCCc1ccc2c(c1)OCO2. The summed E-state index contributed by atoms with van der Waals surface area (Å²) < 4.78 is 36.5. The summed E-state index contributed by atoms with van der Waals surface area (Å²) in [6.07, 6.45) is 0.665. The fraction of sp³-hybridized carbons (Fsp3) is 0.235. The van der Waals surface area contributed by atoms with Crippen molar-refractivity contribution in [2.45, 2.75) is 11.3 Å². The van der Waals surface area contributed by atoms with E-state index in [9.17, 15) is 13.6 Å². The van der Waals surface area contributed by atoms with E-state index >= 15 is 0 Å². The minimum atomic E-state index is -0.914. The fourth-order valence-electron chi connectivity index (χ4n) is 2.21. The molecule has 1 aliphatic heterocycles. The standard InChI is InChI=1S/C17H15F2NO3S/c18-13-3-2-12(8-14(13)19)24-9-17(21)20-6-5-11-1-4-15-16(7-11)23-10-22-15/h1-4,7-8H,5-6,9-10H2,(H,20,21). The zero-order chi connectivity index (χ0) is 16.9. The van der Waals surface area contributed by atoms with Crippen molar-refractivity contribution in [3.05, 3.63) is 53.6 Å². The lowest BCUT2D eigenvalue weighted by molar-refractivity contribution is -0.118. The van der Waals surface area contributed by atoms with E-state index in [-0.39, 0.29) is 18.5 Å². The first-order chi connectivity index (χ1) is 11.6. The third kappa shape index (κ3) is 4.17. The third-order valence-electron chi connectivity index (χ3n) is 3.43. The van der Waals surface area contributed by atoms with Crippen molar-refractivity contribution in [1.29, 1.82) is 0 Å². The number of hydrogen-bond acceptors (Lipinski definition) is 4. The van der Waals surface area contributed by atoms with Crippen molar-refractivity contribution in [3.63, 3.8) is 0 Å². The molecule has 0 aromatic heterocycles. The number of ether oxygens (including phenoxy) is 2. The highest BCUT2D eigenvalue weighted by Crippen LogP contribution is 2.32. The molecule has 0 bridgehead atoms. The molecule has 0 unspecified atom stereocenters. The molecule has 0 fully saturated rings. The van der Waals surface area contributed by atoms with Gasteiger partial charge in [-0.05, 0) is 42.3 Å². The first-order valence-corrected chi connectivity index (χ1v) is 8.33. The number of hydrogen-bond donors (Lipinski definition) is 1. The molecular formula is C17H15F2NO3S. The molecule has 2 aromatic carbocycles. The highest BCUT2D eigenvalue weighted by atomic mass is 32.2. The minimum Gasteiger partial charge on any atom is -0.454 e. The molecule has 0 saturated heterocycles. The van der Waals surface area contributed by atoms with Crippen LogP contribution in [0.1, 0.15) is 5.56 Å². The Labute approximate surface area is 142 Å². The normalized spacial score (nSPS) is 12.2. The van der Waals surface area contributed by atoms with Gasteiger partial charge in [-0.1, -0.05) is 6.07 Å². The second kappa shape index (κ2) is 7.53. The second-order valence-electron chi connectivity index (χ2n) is 5.15. The van der Waals surface area contributed by atoms with E-state index in [1.165, 1.54) is 6.07 Å². The smallest absolute Gasteiger partial charge is 0.231 e. The van der Waals surface area contributed by atoms with Gasteiger partial charge in [0.1, 0.15) is 0 Å². The van der Waals surface area contributed by atoms with Crippen LogP contribution in [-0.2, 0) is 11.2 Å². The minimum absolute atomic E-state index is 0.145. The zero-order valence-corrected chi connectivity index (χ0v) is 13.5. The van der Waals surface area contributed by atoms with E-state index < -0.39 is 11.6 Å². The molecular weight excluding hydrogens is 336 g/mol. The number of carbonyl (C=O) groups is 1. The maximum atomic E-state index is 13.1. The number of benzene rings is 2. The van der Waals surface area contributed by atoms with Gasteiger partial charge in [0.05, 0.1) is 5.75 Å². The fourth-order valence-corrected chi connectivity index (χ4v) is 2.96. The van der Waals surface area contributed by atoms with Gasteiger partial charge in [0.25, 0.3) is 0 Å². The van der Waals surface area contributed by atoms with Crippen molar-refractivity contribution in [3.8, 4) is 11.5 Å². The predicted molar refractivity (Wildman–Crippen MR) is 86.4 cm³/mol. The molecule has 3 rings (SSSR count). The van der Waals surface area contributed by atoms with Gasteiger partial charge in [-0.2, -0.15) is 0 Å². The molecule has 24 heavy (non-hydrogen) atoms. The van der Waals surface area contributed by atoms with E-state index in [0.29, 0.717) is 23.6 Å². The molecule has 0 radical (unpaired) electrons. The van der Waals surface area contributed by atoms with Gasteiger partial charge in [0, 0.05) is 11.4 Å². The van der Waals surface area contributed by atoms with Crippen LogP contribution in [0.15, 0.2) is 41.3 Å². The highest BCUT2D eigenvalue weighted by molar-refractivity contribution is 8.00. The van der Waals surface area contributed by atoms with Gasteiger partial charge in [-0.25, -0.2) is 8.78 Å². The number of nitrogens with one attached hydrogen (secondary N) is 1. The summed E-state index contributed by atoms with van der Waals surface area (Å²) in [5.74, 6) is -0.383. The van der Waals surface area contributed by atoms with Gasteiger partial charge in [-0.15, -0.1) is 11.8 Å². The summed E-state index contributed by atoms with van der Waals surface area (Å²) in [5, 5.41) is 2.80. The van der Waals surface area contributed by atoms with E-state index in [4.69, 9.17) is 9.47 Å². The van der Waals surface area contributed by atoms with Gasteiger partial charge >= 0.3 is 0 Å². The lowest BCUT2D eigenvalue weighted by Gasteiger charge is -2.06. The van der Waals surface area contributed by atoms with E-state index in [1.54, 1.807) is 0 Å². The summed E-state index contributed by atoms with van der Waals surface area (Å²) in [6, 6.07) is 9.25. The number of carbonyl (C=O) groups excluding carboxylic acids is 1. The van der Waals surface area contributed by atoms with Crippen molar-refractivity contribution in [2.75, 3.05) is 19.1 Å². The van der Waals surface area contributed by atoms with E-state index in [0.717, 1.165) is 35.2 Å².